The topological polar surface area (TPSA) is 24.8 Å². The van der Waals surface area contributed by atoms with Gasteiger partial charge in [-0.05, 0) is 47.3 Å². The number of ether oxygens (including phenoxy) is 1. The number of hydrogen-bond acceptors (Lipinski definition) is 4. The molecule has 0 N–H and O–H groups in total. The predicted octanol–water partition coefficient (Wildman–Crippen LogP) is 5.89. The van der Waals surface area contributed by atoms with E-state index in [0.29, 0.717) is 0 Å². The Balaban J connectivity index is 1.60. The number of hydrazone groups is 1. The van der Waals surface area contributed by atoms with Crippen molar-refractivity contribution in [1.29, 1.82) is 0 Å². The van der Waals surface area contributed by atoms with Gasteiger partial charge < -0.3 is 4.74 Å². The second kappa shape index (κ2) is 6.21. The molecule has 1 aromatic heterocycles. The second-order valence-electron chi connectivity index (χ2n) is 6.32. The van der Waals surface area contributed by atoms with E-state index in [9.17, 15) is 4.39 Å². The quantitative estimate of drug-likeness (QED) is 0.507. The van der Waals surface area contributed by atoms with Gasteiger partial charge in [0.2, 0.25) is 6.23 Å². The molecule has 26 heavy (non-hydrogen) atoms. The summed E-state index contributed by atoms with van der Waals surface area (Å²) in [5.41, 5.74) is 3.02. The van der Waals surface area contributed by atoms with Gasteiger partial charge in [-0.3, -0.25) is 0 Å². The lowest BCUT2D eigenvalue weighted by Crippen LogP contribution is -2.33. The summed E-state index contributed by atoms with van der Waals surface area (Å²) in [4.78, 5) is 1.12. The minimum Gasteiger partial charge on any atom is -0.464 e. The van der Waals surface area contributed by atoms with Gasteiger partial charge in [0, 0.05) is 16.5 Å². The van der Waals surface area contributed by atoms with Crippen molar-refractivity contribution >= 4 is 33.0 Å². The fraction of sp³-hybridized carbons (Fsp3) is 0.150. The van der Waals surface area contributed by atoms with Gasteiger partial charge in [-0.15, -0.1) is 11.3 Å². The maximum absolute atomic E-state index is 13.3. The van der Waals surface area contributed by atoms with E-state index in [1.165, 1.54) is 12.1 Å². The maximum atomic E-state index is 13.3. The normalized spacial score (nSPS) is 21.0. The summed E-state index contributed by atoms with van der Waals surface area (Å²) in [7, 11) is 0. The minimum absolute atomic E-state index is 0.100. The molecule has 0 bridgehead atoms. The van der Waals surface area contributed by atoms with Crippen molar-refractivity contribution in [2.75, 3.05) is 0 Å². The van der Waals surface area contributed by atoms with E-state index < -0.39 is 0 Å². The first-order valence-corrected chi connectivity index (χ1v) is 9.97. The average Bonchev–Trinajstić information content (AvgIpc) is 3.32. The highest BCUT2D eigenvalue weighted by molar-refractivity contribution is 9.10. The fourth-order valence-corrected chi connectivity index (χ4v) is 4.62. The van der Waals surface area contributed by atoms with Crippen LogP contribution in [0, 0.1) is 5.82 Å². The monoisotopic (exact) mass is 428 g/mol. The summed E-state index contributed by atoms with van der Waals surface area (Å²) < 4.78 is 20.6. The third-order valence-corrected chi connectivity index (χ3v) is 6.11. The van der Waals surface area contributed by atoms with Crippen LogP contribution in [0.5, 0.6) is 5.75 Å². The molecule has 0 aliphatic carbocycles. The van der Waals surface area contributed by atoms with Crippen molar-refractivity contribution in [3.63, 3.8) is 0 Å². The third-order valence-electron chi connectivity index (χ3n) is 4.72. The summed E-state index contributed by atoms with van der Waals surface area (Å²) >= 11 is 5.22. The molecule has 3 aromatic rings. The lowest BCUT2D eigenvalue weighted by Gasteiger charge is -2.37. The van der Waals surface area contributed by atoms with Crippen molar-refractivity contribution in [2.45, 2.75) is 18.7 Å². The summed E-state index contributed by atoms with van der Waals surface area (Å²) in [6.07, 6.45) is 0.520. The smallest absolute Gasteiger partial charge is 0.222 e. The van der Waals surface area contributed by atoms with E-state index in [1.54, 1.807) is 23.5 Å². The molecule has 2 aliphatic heterocycles. The van der Waals surface area contributed by atoms with Crippen molar-refractivity contribution in [2.24, 2.45) is 5.10 Å². The van der Waals surface area contributed by atoms with Crippen LogP contribution in [0.15, 0.2) is 69.6 Å². The average molecular weight is 429 g/mol. The van der Waals surface area contributed by atoms with Gasteiger partial charge in [0.05, 0.1) is 16.6 Å². The number of benzene rings is 2. The van der Waals surface area contributed by atoms with Gasteiger partial charge in [0.25, 0.3) is 0 Å². The standard InChI is InChI=1S/C20H14BrFN2OS/c21-13-5-8-18-15(10-13)17-11-16(12-3-6-14(22)7-4-12)23-24(17)20(25-18)19-2-1-9-26-19/h1-10,17,20H,11H2/t17-,20+/m0/s1. The Bertz CT molecular complexity index is 988. The Morgan fingerprint density at radius 1 is 1.15 bits per heavy atom. The maximum Gasteiger partial charge on any atom is 0.222 e. The van der Waals surface area contributed by atoms with Crippen LogP contribution in [0.2, 0.25) is 0 Å². The van der Waals surface area contributed by atoms with Gasteiger partial charge in [0.1, 0.15) is 11.6 Å². The summed E-state index contributed by atoms with van der Waals surface area (Å²) in [5, 5.41) is 8.96. The zero-order chi connectivity index (χ0) is 17.7. The molecule has 2 aromatic carbocycles. The van der Waals surface area contributed by atoms with E-state index in [-0.39, 0.29) is 18.1 Å². The highest BCUT2D eigenvalue weighted by Crippen LogP contribution is 2.48. The number of fused-ring (bicyclic) bond motifs is 3. The molecule has 2 atom stereocenters. The van der Waals surface area contributed by atoms with Crippen LogP contribution in [0.25, 0.3) is 0 Å². The summed E-state index contributed by atoms with van der Waals surface area (Å²) in [6.45, 7) is 0. The fourth-order valence-electron chi connectivity index (χ4n) is 3.49. The molecule has 3 heterocycles. The zero-order valence-corrected chi connectivity index (χ0v) is 16.0. The molecule has 0 fully saturated rings. The van der Waals surface area contributed by atoms with E-state index in [1.807, 2.05) is 28.6 Å². The molecule has 0 amide bonds. The molecule has 130 valence electrons. The van der Waals surface area contributed by atoms with Crippen LogP contribution >= 0.6 is 27.3 Å². The lowest BCUT2D eigenvalue weighted by atomic mass is 9.96. The molecule has 0 saturated heterocycles. The zero-order valence-electron chi connectivity index (χ0n) is 13.6. The van der Waals surface area contributed by atoms with Gasteiger partial charge in [0.15, 0.2) is 0 Å². The van der Waals surface area contributed by atoms with Crippen molar-refractivity contribution in [3.05, 3.63) is 86.3 Å². The van der Waals surface area contributed by atoms with Crippen LogP contribution < -0.4 is 4.74 Å². The van der Waals surface area contributed by atoms with Crippen molar-refractivity contribution in [1.82, 2.24) is 5.01 Å². The Morgan fingerprint density at radius 2 is 2.00 bits per heavy atom. The van der Waals surface area contributed by atoms with Crippen LogP contribution in [-0.4, -0.2) is 10.7 Å². The third kappa shape index (κ3) is 2.64. The van der Waals surface area contributed by atoms with Gasteiger partial charge in [-0.25, -0.2) is 9.40 Å². The predicted molar refractivity (Wildman–Crippen MR) is 104 cm³/mol. The number of hydrogen-bond donors (Lipinski definition) is 0. The Hall–Kier alpha value is -2.18. The Labute approximate surface area is 162 Å². The molecular formula is C20H14BrFN2OS. The highest BCUT2D eigenvalue weighted by atomic mass is 79.9. The molecule has 0 unspecified atom stereocenters. The largest absolute Gasteiger partial charge is 0.464 e. The number of rotatable bonds is 2. The molecule has 0 spiro atoms. The minimum atomic E-state index is -0.244. The molecule has 6 heteroatoms. The van der Waals surface area contributed by atoms with Gasteiger partial charge in [-0.1, -0.05) is 34.1 Å². The van der Waals surface area contributed by atoms with Crippen molar-refractivity contribution in [3.8, 4) is 5.75 Å². The lowest BCUT2D eigenvalue weighted by molar-refractivity contribution is -0.0166. The summed E-state index contributed by atoms with van der Waals surface area (Å²) in [5.74, 6) is 0.655. The van der Waals surface area contributed by atoms with E-state index in [2.05, 4.69) is 28.1 Å². The van der Waals surface area contributed by atoms with Crippen molar-refractivity contribution < 1.29 is 9.13 Å². The molecule has 2 aliphatic rings. The first-order chi connectivity index (χ1) is 12.7. The Morgan fingerprint density at radius 3 is 2.77 bits per heavy atom. The molecule has 3 nitrogen and oxygen atoms in total. The first kappa shape index (κ1) is 16.0. The summed E-state index contributed by atoms with van der Waals surface area (Å²) in [6, 6.07) is 16.8. The second-order valence-corrected chi connectivity index (χ2v) is 8.22. The van der Waals surface area contributed by atoms with Gasteiger partial charge >= 0.3 is 0 Å². The SMILES string of the molecule is Fc1ccc(C2=NN3[C@@H](c4cccs4)Oc4ccc(Br)cc4[C@@H]3C2)cc1. The van der Waals surface area contributed by atoms with Crippen LogP contribution in [0.4, 0.5) is 4.39 Å². The highest BCUT2D eigenvalue weighted by Gasteiger charge is 2.41. The molecule has 0 saturated carbocycles. The number of thiophene rings is 1. The Kier molecular flexibility index (Phi) is 3.83. The van der Waals surface area contributed by atoms with Crippen LogP contribution in [0.3, 0.4) is 0 Å². The first-order valence-electron chi connectivity index (χ1n) is 8.30. The van der Waals surface area contributed by atoms with Crippen LogP contribution in [0.1, 0.15) is 34.7 Å². The number of halogens is 2. The molecular weight excluding hydrogens is 415 g/mol. The number of nitrogens with zero attached hydrogens (tertiary/aromatic N) is 2. The molecule has 5 rings (SSSR count). The van der Waals surface area contributed by atoms with E-state index >= 15 is 0 Å². The molecule has 0 radical (unpaired) electrons. The van der Waals surface area contributed by atoms with Gasteiger partial charge in [-0.2, -0.15) is 5.10 Å². The van der Waals surface area contributed by atoms with E-state index in [4.69, 9.17) is 9.84 Å². The van der Waals surface area contributed by atoms with Crippen LogP contribution in [-0.2, 0) is 0 Å². The van der Waals surface area contributed by atoms with E-state index in [0.717, 1.165) is 38.4 Å².